The molecule has 0 atom stereocenters. The molecule has 1 amide bonds. The van der Waals surface area contributed by atoms with E-state index in [1.54, 1.807) is 23.1 Å². The van der Waals surface area contributed by atoms with E-state index in [4.69, 9.17) is 4.74 Å². The van der Waals surface area contributed by atoms with Crippen molar-refractivity contribution in [3.63, 3.8) is 0 Å². The van der Waals surface area contributed by atoms with Gasteiger partial charge in [0.05, 0.1) is 11.5 Å². The van der Waals surface area contributed by atoms with Crippen LogP contribution < -0.4 is 9.62 Å². The molecule has 1 aromatic carbocycles. The van der Waals surface area contributed by atoms with Crippen LogP contribution in [-0.2, 0) is 25.0 Å². The molecule has 1 aromatic rings. The number of hydrogen-bond acceptors (Lipinski definition) is 4. The molecule has 0 aromatic heterocycles. The van der Waals surface area contributed by atoms with Crippen LogP contribution in [-0.4, -0.2) is 41.1 Å². The highest BCUT2D eigenvalue weighted by atomic mass is 32.2. The Morgan fingerprint density at radius 3 is 2.65 bits per heavy atom. The summed E-state index contributed by atoms with van der Waals surface area (Å²) in [5.41, 5.74) is 1.29. The highest BCUT2D eigenvalue weighted by Gasteiger charge is 2.36. The van der Waals surface area contributed by atoms with Crippen molar-refractivity contribution in [1.29, 1.82) is 0 Å². The first-order chi connectivity index (χ1) is 10.7. The molecule has 7 heteroatoms. The maximum absolute atomic E-state index is 12.4. The van der Waals surface area contributed by atoms with Crippen molar-refractivity contribution in [2.45, 2.75) is 37.5 Å². The fraction of sp³-hybridized carbons (Fsp3) is 0.562. The van der Waals surface area contributed by atoms with Crippen LogP contribution in [0.4, 0.5) is 5.69 Å². The van der Waals surface area contributed by atoms with Gasteiger partial charge in [0.2, 0.25) is 15.9 Å². The first kappa shape index (κ1) is 17.9. The van der Waals surface area contributed by atoms with Gasteiger partial charge in [-0.3, -0.25) is 4.79 Å². The summed E-state index contributed by atoms with van der Waals surface area (Å²) in [7, 11) is -2.07. The van der Waals surface area contributed by atoms with Gasteiger partial charge in [0.15, 0.2) is 0 Å². The summed E-state index contributed by atoms with van der Waals surface area (Å²) in [6.07, 6.45) is 0.369. The number of anilines is 1. The van der Waals surface area contributed by atoms with E-state index >= 15 is 0 Å². The molecule has 6 nitrogen and oxygen atoms in total. The van der Waals surface area contributed by atoms with Gasteiger partial charge < -0.3 is 9.64 Å². The number of methoxy groups -OCH3 is 1. The summed E-state index contributed by atoms with van der Waals surface area (Å²) >= 11 is 0. The lowest BCUT2D eigenvalue weighted by Crippen LogP contribution is -2.42. The first-order valence-corrected chi connectivity index (χ1v) is 9.15. The fourth-order valence-electron chi connectivity index (χ4n) is 2.87. The number of ether oxygens (including phenoxy) is 1. The number of benzene rings is 1. The number of amides is 1. The highest BCUT2D eigenvalue weighted by Crippen LogP contribution is 2.41. The zero-order valence-corrected chi connectivity index (χ0v) is 14.9. The molecule has 0 aliphatic carbocycles. The molecule has 1 N–H and O–H groups in total. The minimum Gasteiger partial charge on any atom is -0.383 e. The lowest BCUT2D eigenvalue weighted by molar-refractivity contribution is -0.120. The minimum absolute atomic E-state index is 0.0684. The normalized spacial score (nSPS) is 17.2. The zero-order chi connectivity index (χ0) is 17.3. The summed E-state index contributed by atoms with van der Waals surface area (Å²) in [4.78, 5) is 14.2. The Morgan fingerprint density at radius 1 is 1.35 bits per heavy atom. The molecule has 1 aliphatic rings. The van der Waals surface area contributed by atoms with Crippen molar-refractivity contribution in [2.75, 3.05) is 31.7 Å². The van der Waals surface area contributed by atoms with Crippen LogP contribution in [0.1, 0.15) is 32.8 Å². The molecule has 1 aliphatic heterocycles. The maximum Gasteiger partial charge on any atom is 0.240 e. The smallest absolute Gasteiger partial charge is 0.240 e. The van der Waals surface area contributed by atoms with Gasteiger partial charge in [-0.1, -0.05) is 13.8 Å². The molecule has 0 saturated heterocycles. The molecule has 0 bridgehead atoms. The predicted molar refractivity (Wildman–Crippen MR) is 89.2 cm³/mol. The van der Waals surface area contributed by atoms with E-state index in [0.717, 1.165) is 11.3 Å². The third-order valence-corrected chi connectivity index (χ3v) is 5.57. The second-order valence-corrected chi connectivity index (χ2v) is 8.04. The van der Waals surface area contributed by atoms with Gasteiger partial charge >= 0.3 is 0 Å². The van der Waals surface area contributed by atoms with Crippen LogP contribution in [0.15, 0.2) is 23.1 Å². The summed E-state index contributed by atoms with van der Waals surface area (Å²) in [5.74, 6) is 0.0684. The highest BCUT2D eigenvalue weighted by molar-refractivity contribution is 7.89. The third kappa shape index (κ3) is 3.57. The topological polar surface area (TPSA) is 75.7 Å². The fourth-order valence-corrected chi connectivity index (χ4v) is 3.91. The molecule has 0 unspecified atom stereocenters. The molecule has 0 radical (unpaired) electrons. The van der Waals surface area contributed by atoms with Crippen molar-refractivity contribution < 1.29 is 17.9 Å². The van der Waals surface area contributed by atoms with E-state index in [0.29, 0.717) is 19.6 Å². The Hall–Kier alpha value is -1.44. The molecule has 23 heavy (non-hydrogen) atoms. The van der Waals surface area contributed by atoms with Crippen molar-refractivity contribution in [2.24, 2.45) is 0 Å². The number of carbonyl (C=O) groups is 1. The Morgan fingerprint density at radius 2 is 2.04 bits per heavy atom. The lowest BCUT2D eigenvalue weighted by atomic mass is 9.77. The summed E-state index contributed by atoms with van der Waals surface area (Å²) < 4.78 is 32.1. The molecule has 1 heterocycles. The summed E-state index contributed by atoms with van der Waals surface area (Å²) in [6, 6.07) is 4.95. The van der Waals surface area contributed by atoms with E-state index in [-0.39, 0.29) is 17.3 Å². The second-order valence-electron chi connectivity index (χ2n) is 6.27. The minimum atomic E-state index is -3.59. The van der Waals surface area contributed by atoms with Crippen LogP contribution >= 0.6 is 0 Å². The van der Waals surface area contributed by atoms with Gasteiger partial charge in [-0.2, -0.15) is 0 Å². The molecular weight excluding hydrogens is 316 g/mol. The van der Waals surface area contributed by atoms with Crippen LogP contribution in [0.5, 0.6) is 0 Å². The number of fused-ring (bicyclic) bond motifs is 1. The van der Waals surface area contributed by atoms with E-state index in [1.807, 2.05) is 20.8 Å². The van der Waals surface area contributed by atoms with Gasteiger partial charge in [-0.15, -0.1) is 0 Å². The second kappa shape index (κ2) is 6.59. The first-order valence-electron chi connectivity index (χ1n) is 7.66. The molecular formula is C16H24N2O4S. The number of rotatable bonds is 6. The molecule has 0 fully saturated rings. The quantitative estimate of drug-likeness (QED) is 0.799. The van der Waals surface area contributed by atoms with E-state index < -0.39 is 15.4 Å². The number of hydrogen-bond donors (Lipinski definition) is 1. The van der Waals surface area contributed by atoms with E-state index in [9.17, 15) is 13.2 Å². The Kier molecular flexibility index (Phi) is 5.13. The number of nitrogens with zero attached hydrogens (tertiary/aromatic N) is 1. The van der Waals surface area contributed by atoms with Crippen molar-refractivity contribution in [3.05, 3.63) is 23.8 Å². The molecule has 0 spiro atoms. The van der Waals surface area contributed by atoms with E-state index in [2.05, 4.69) is 4.72 Å². The van der Waals surface area contributed by atoms with Gasteiger partial charge in [0.25, 0.3) is 0 Å². The molecule has 0 saturated carbocycles. The summed E-state index contributed by atoms with van der Waals surface area (Å²) in [6.45, 7) is 6.95. The van der Waals surface area contributed by atoms with Crippen LogP contribution in [0, 0.1) is 0 Å². The average Bonchev–Trinajstić information content (AvgIpc) is 2.46. The Balaban J connectivity index is 2.43. The SMILES string of the molecule is CCN1C(=O)CC(C)(C)c2cc(S(=O)(=O)NCCOC)ccc21. The van der Waals surface area contributed by atoms with Gasteiger partial charge in [-0.25, -0.2) is 13.1 Å². The van der Waals surface area contributed by atoms with Crippen LogP contribution in [0.25, 0.3) is 0 Å². The maximum atomic E-state index is 12.4. The number of nitrogens with one attached hydrogen (secondary N) is 1. The Bertz CT molecular complexity index is 698. The molecule has 128 valence electrons. The van der Waals surface area contributed by atoms with Crippen molar-refractivity contribution in [1.82, 2.24) is 4.72 Å². The van der Waals surface area contributed by atoms with Crippen LogP contribution in [0.2, 0.25) is 0 Å². The van der Waals surface area contributed by atoms with Crippen LogP contribution in [0.3, 0.4) is 0 Å². The molecule has 2 rings (SSSR count). The monoisotopic (exact) mass is 340 g/mol. The van der Waals surface area contributed by atoms with Crippen molar-refractivity contribution in [3.8, 4) is 0 Å². The largest absolute Gasteiger partial charge is 0.383 e. The van der Waals surface area contributed by atoms with E-state index in [1.165, 1.54) is 7.11 Å². The summed E-state index contributed by atoms with van der Waals surface area (Å²) in [5, 5.41) is 0. The Labute approximate surface area is 137 Å². The number of carbonyl (C=O) groups excluding carboxylic acids is 1. The lowest BCUT2D eigenvalue weighted by Gasteiger charge is -2.38. The number of sulfonamides is 1. The van der Waals surface area contributed by atoms with Gasteiger partial charge in [-0.05, 0) is 30.7 Å². The van der Waals surface area contributed by atoms with Gasteiger partial charge in [0, 0.05) is 37.7 Å². The van der Waals surface area contributed by atoms with Gasteiger partial charge in [0.1, 0.15) is 0 Å². The predicted octanol–water partition coefficient (Wildman–Crippen LogP) is 1.65. The average molecular weight is 340 g/mol. The standard InChI is InChI=1S/C16H24N2O4S/c1-5-18-14-7-6-12(23(20,21)17-8-9-22-4)10-13(14)16(2,3)11-15(18)19/h6-7,10,17H,5,8-9,11H2,1-4H3. The third-order valence-electron chi connectivity index (χ3n) is 4.11. The zero-order valence-electron chi connectivity index (χ0n) is 14.0. The van der Waals surface area contributed by atoms with Crippen molar-refractivity contribution >= 4 is 21.6 Å².